The molecule has 0 radical (unpaired) electrons. The van der Waals surface area contributed by atoms with Gasteiger partial charge in [0.05, 0.1) is 18.2 Å². The normalized spacial score (nSPS) is 11.1. The van der Waals surface area contributed by atoms with Crippen LogP contribution in [0.25, 0.3) is 0 Å². The molecular formula is C15H9BrF4N2O3. The zero-order valence-corrected chi connectivity index (χ0v) is 14.0. The first-order chi connectivity index (χ1) is 11.6. The van der Waals surface area contributed by atoms with Crippen molar-refractivity contribution in [3.63, 3.8) is 0 Å². The summed E-state index contributed by atoms with van der Waals surface area (Å²) in [4.78, 5) is 27.3. The van der Waals surface area contributed by atoms with E-state index in [9.17, 15) is 27.2 Å². The fraction of sp³-hybridized carbons (Fsp3) is 0.133. The van der Waals surface area contributed by atoms with E-state index in [0.29, 0.717) is 6.07 Å². The molecule has 1 N–H and O–H groups in total. The summed E-state index contributed by atoms with van der Waals surface area (Å²) in [6.45, 7) is 0. The highest BCUT2D eigenvalue weighted by Gasteiger charge is 2.36. The Morgan fingerprint density at radius 1 is 1.24 bits per heavy atom. The summed E-state index contributed by atoms with van der Waals surface area (Å²) in [5, 5.41) is 2.21. The van der Waals surface area contributed by atoms with Gasteiger partial charge in [0.15, 0.2) is 0 Å². The number of methoxy groups -OCH3 is 1. The molecule has 0 saturated carbocycles. The number of hydrogen-bond donors (Lipinski definition) is 1. The Labute approximate surface area is 147 Å². The van der Waals surface area contributed by atoms with E-state index in [0.717, 1.165) is 19.2 Å². The van der Waals surface area contributed by atoms with Crippen LogP contribution in [0.3, 0.4) is 0 Å². The first-order valence-corrected chi connectivity index (χ1v) is 7.35. The third-order valence-electron chi connectivity index (χ3n) is 3.04. The monoisotopic (exact) mass is 420 g/mol. The van der Waals surface area contributed by atoms with Crippen LogP contribution in [0.4, 0.5) is 23.2 Å². The van der Waals surface area contributed by atoms with E-state index in [4.69, 9.17) is 0 Å². The van der Waals surface area contributed by atoms with Crippen molar-refractivity contribution in [1.29, 1.82) is 0 Å². The number of halogens is 5. The van der Waals surface area contributed by atoms with Gasteiger partial charge in [0.25, 0.3) is 5.91 Å². The van der Waals surface area contributed by atoms with Crippen molar-refractivity contribution in [2.75, 3.05) is 12.4 Å². The molecule has 2 rings (SSSR count). The number of benzene rings is 1. The van der Waals surface area contributed by atoms with Crippen LogP contribution in [0.15, 0.2) is 34.9 Å². The molecular weight excluding hydrogens is 412 g/mol. The molecule has 0 spiro atoms. The summed E-state index contributed by atoms with van der Waals surface area (Å²) < 4.78 is 56.8. The number of nitrogens with zero attached hydrogens (tertiary/aromatic N) is 1. The number of alkyl halides is 3. The van der Waals surface area contributed by atoms with E-state index in [2.05, 4.69) is 31.0 Å². The van der Waals surface area contributed by atoms with Crippen LogP contribution in [-0.2, 0) is 10.9 Å². The van der Waals surface area contributed by atoms with Gasteiger partial charge >= 0.3 is 12.1 Å². The van der Waals surface area contributed by atoms with Gasteiger partial charge in [0.1, 0.15) is 11.5 Å². The van der Waals surface area contributed by atoms with Crippen molar-refractivity contribution < 1.29 is 31.9 Å². The maximum atomic E-state index is 14.1. The lowest BCUT2D eigenvalue weighted by atomic mass is 10.1. The van der Waals surface area contributed by atoms with Gasteiger partial charge in [-0.05, 0) is 40.2 Å². The zero-order valence-electron chi connectivity index (χ0n) is 12.4. The quantitative estimate of drug-likeness (QED) is 0.600. The number of amides is 1. The number of anilines is 1. The Balaban J connectivity index is 2.38. The van der Waals surface area contributed by atoms with E-state index in [1.54, 1.807) is 0 Å². The molecule has 1 heterocycles. The summed E-state index contributed by atoms with van der Waals surface area (Å²) in [6.07, 6.45) is -3.77. The first-order valence-electron chi connectivity index (χ1n) is 6.56. The van der Waals surface area contributed by atoms with Gasteiger partial charge in [-0.1, -0.05) is 0 Å². The second-order valence-corrected chi connectivity index (χ2v) is 5.51. The number of carbonyl (C=O) groups excluding carboxylic acids is 2. The number of ether oxygens (including phenoxy) is 1. The van der Waals surface area contributed by atoms with Crippen molar-refractivity contribution >= 4 is 33.5 Å². The Morgan fingerprint density at radius 2 is 1.92 bits per heavy atom. The SMILES string of the molecule is COC(=O)c1cc(NC(=O)c2c(Br)ccc(C(F)(F)F)c2F)ccn1. The number of hydrogen-bond acceptors (Lipinski definition) is 4. The molecule has 0 fully saturated rings. The van der Waals surface area contributed by atoms with Gasteiger partial charge in [0.2, 0.25) is 0 Å². The standard InChI is InChI=1S/C15H9BrF4N2O3/c1-25-14(24)10-6-7(4-5-21-10)22-13(23)11-9(16)3-2-8(12(11)17)15(18,19)20/h2-6H,1H3,(H,21,22,23). The van der Waals surface area contributed by atoms with Crippen molar-refractivity contribution in [1.82, 2.24) is 4.98 Å². The molecule has 1 aromatic carbocycles. The molecule has 0 unspecified atom stereocenters. The molecule has 0 atom stereocenters. The lowest BCUT2D eigenvalue weighted by Gasteiger charge is -2.13. The minimum atomic E-state index is -4.95. The van der Waals surface area contributed by atoms with E-state index < -0.39 is 35.0 Å². The second-order valence-electron chi connectivity index (χ2n) is 4.66. The molecule has 25 heavy (non-hydrogen) atoms. The highest BCUT2D eigenvalue weighted by Crippen LogP contribution is 2.35. The smallest absolute Gasteiger partial charge is 0.419 e. The topological polar surface area (TPSA) is 68.3 Å². The lowest BCUT2D eigenvalue weighted by Crippen LogP contribution is -2.18. The van der Waals surface area contributed by atoms with Gasteiger partial charge in [-0.15, -0.1) is 0 Å². The van der Waals surface area contributed by atoms with Crippen LogP contribution in [-0.4, -0.2) is 24.0 Å². The van der Waals surface area contributed by atoms with Gasteiger partial charge in [-0.3, -0.25) is 4.79 Å². The predicted molar refractivity (Wildman–Crippen MR) is 82.6 cm³/mol. The molecule has 0 aliphatic rings. The average molecular weight is 421 g/mol. The summed E-state index contributed by atoms with van der Waals surface area (Å²) in [7, 11) is 1.13. The van der Waals surface area contributed by atoms with E-state index in [1.807, 2.05) is 0 Å². The predicted octanol–water partition coefficient (Wildman–Crippen LogP) is 4.04. The molecule has 10 heteroatoms. The third kappa shape index (κ3) is 4.13. The Kier molecular flexibility index (Phi) is 5.41. The molecule has 5 nitrogen and oxygen atoms in total. The Bertz CT molecular complexity index is 840. The second kappa shape index (κ2) is 7.18. The largest absolute Gasteiger partial charge is 0.464 e. The Morgan fingerprint density at radius 3 is 2.52 bits per heavy atom. The van der Waals surface area contributed by atoms with Gasteiger partial charge in [-0.2, -0.15) is 13.2 Å². The molecule has 1 amide bonds. The van der Waals surface area contributed by atoms with E-state index in [-0.39, 0.29) is 15.9 Å². The molecule has 1 aromatic heterocycles. The number of pyridine rings is 1. The first kappa shape index (κ1) is 18.8. The molecule has 0 aliphatic heterocycles. The van der Waals surface area contributed by atoms with Crippen LogP contribution in [0, 0.1) is 5.82 Å². The molecule has 0 aliphatic carbocycles. The lowest BCUT2D eigenvalue weighted by molar-refractivity contribution is -0.140. The molecule has 0 saturated heterocycles. The van der Waals surface area contributed by atoms with Crippen molar-refractivity contribution in [2.45, 2.75) is 6.18 Å². The minimum absolute atomic E-state index is 0.0316. The van der Waals surface area contributed by atoms with E-state index >= 15 is 0 Å². The van der Waals surface area contributed by atoms with Crippen LogP contribution in [0.1, 0.15) is 26.4 Å². The van der Waals surface area contributed by atoms with Crippen LogP contribution in [0.5, 0.6) is 0 Å². The summed E-state index contributed by atoms with van der Waals surface area (Å²) in [5.74, 6) is -3.61. The maximum Gasteiger partial charge on any atom is 0.419 e. The van der Waals surface area contributed by atoms with Crippen molar-refractivity contribution in [2.24, 2.45) is 0 Å². The van der Waals surface area contributed by atoms with Crippen LogP contribution in [0.2, 0.25) is 0 Å². The molecule has 2 aromatic rings. The molecule has 132 valence electrons. The third-order valence-corrected chi connectivity index (χ3v) is 3.70. The van der Waals surface area contributed by atoms with Crippen LogP contribution >= 0.6 is 15.9 Å². The highest BCUT2D eigenvalue weighted by molar-refractivity contribution is 9.10. The number of aromatic nitrogens is 1. The zero-order chi connectivity index (χ0) is 18.8. The maximum absolute atomic E-state index is 14.1. The number of carbonyl (C=O) groups is 2. The van der Waals surface area contributed by atoms with Crippen molar-refractivity contribution in [3.05, 3.63) is 57.6 Å². The summed E-state index contributed by atoms with van der Waals surface area (Å²) in [5.41, 5.74) is -2.48. The van der Waals surface area contributed by atoms with Gasteiger partial charge in [0, 0.05) is 16.4 Å². The summed E-state index contributed by atoms with van der Waals surface area (Å²) >= 11 is 2.86. The minimum Gasteiger partial charge on any atom is -0.464 e. The molecule has 0 bridgehead atoms. The van der Waals surface area contributed by atoms with Crippen LogP contribution < -0.4 is 5.32 Å². The van der Waals surface area contributed by atoms with Gasteiger partial charge in [-0.25, -0.2) is 14.2 Å². The fourth-order valence-electron chi connectivity index (χ4n) is 1.90. The number of rotatable bonds is 3. The number of nitrogens with one attached hydrogen (secondary N) is 1. The summed E-state index contributed by atoms with van der Waals surface area (Å²) in [6, 6.07) is 3.87. The average Bonchev–Trinajstić information content (AvgIpc) is 2.53. The Hall–Kier alpha value is -2.49. The number of esters is 1. The highest BCUT2D eigenvalue weighted by atomic mass is 79.9. The van der Waals surface area contributed by atoms with Gasteiger partial charge < -0.3 is 10.1 Å². The fourth-order valence-corrected chi connectivity index (χ4v) is 2.38. The van der Waals surface area contributed by atoms with Crippen molar-refractivity contribution in [3.8, 4) is 0 Å². The van der Waals surface area contributed by atoms with E-state index in [1.165, 1.54) is 12.3 Å².